The van der Waals surface area contributed by atoms with Crippen molar-refractivity contribution in [2.45, 2.75) is 58.2 Å². The molecular formula is C14H24N2S. The molecule has 1 aliphatic rings. The number of thiophene rings is 1. The van der Waals surface area contributed by atoms with Crippen molar-refractivity contribution in [2.24, 2.45) is 5.73 Å². The standard InChI is InChI=1S/C14H24N2S/c1-3-12-7-8-13(17-12)10-16-9-5-4-6-14(16)11(2)15/h7-8,11,14H,3-6,9-10,15H2,1-2H3. The number of likely N-dealkylation sites (tertiary alicyclic amines) is 1. The van der Waals surface area contributed by atoms with Crippen LogP contribution in [-0.2, 0) is 13.0 Å². The van der Waals surface area contributed by atoms with Crippen LogP contribution in [-0.4, -0.2) is 23.5 Å². The molecule has 0 saturated carbocycles. The van der Waals surface area contributed by atoms with Crippen molar-refractivity contribution in [1.82, 2.24) is 4.90 Å². The molecule has 0 aromatic carbocycles. The van der Waals surface area contributed by atoms with Gasteiger partial charge in [0.05, 0.1) is 0 Å². The Labute approximate surface area is 109 Å². The molecule has 1 aromatic heterocycles. The Morgan fingerprint density at radius 1 is 1.41 bits per heavy atom. The molecule has 1 fully saturated rings. The molecule has 1 saturated heterocycles. The van der Waals surface area contributed by atoms with E-state index in [4.69, 9.17) is 5.73 Å². The molecule has 2 N–H and O–H groups in total. The number of piperidine rings is 1. The van der Waals surface area contributed by atoms with Crippen molar-refractivity contribution in [2.75, 3.05) is 6.54 Å². The van der Waals surface area contributed by atoms with Crippen molar-refractivity contribution in [3.63, 3.8) is 0 Å². The Kier molecular flexibility index (Phi) is 4.60. The van der Waals surface area contributed by atoms with Crippen molar-refractivity contribution in [1.29, 1.82) is 0 Å². The normalized spacial score (nSPS) is 23.8. The first kappa shape index (κ1) is 13.1. The first-order valence-electron chi connectivity index (χ1n) is 6.78. The number of nitrogens with zero attached hydrogens (tertiary/aromatic N) is 1. The van der Waals surface area contributed by atoms with Gasteiger partial charge in [0.25, 0.3) is 0 Å². The van der Waals surface area contributed by atoms with Crippen molar-refractivity contribution in [3.8, 4) is 0 Å². The number of hydrogen-bond acceptors (Lipinski definition) is 3. The van der Waals surface area contributed by atoms with Gasteiger partial charge in [-0.3, -0.25) is 4.90 Å². The highest BCUT2D eigenvalue weighted by Crippen LogP contribution is 2.24. The van der Waals surface area contributed by atoms with Crippen LogP contribution in [0.5, 0.6) is 0 Å². The van der Waals surface area contributed by atoms with Crippen molar-refractivity contribution < 1.29 is 0 Å². The molecule has 0 amide bonds. The van der Waals surface area contributed by atoms with Crippen molar-refractivity contribution >= 4 is 11.3 Å². The van der Waals surface area contributed by atoms with E-state index in [1.807, 2.05) is 11.3 Å². The fraction of sp³-hybridized carbons (Fsp3) is 0.714. The summed E-state index contributed by atoms with van der Waals surface area (Å²) in [7, 11) is 0. The molecule has 1 aliphatic heterocycles. The molecule has 3 heteroatoms. The van der Waals surface area contributed by atoms with Gasteiger partial charge in [-0.15, -0.1) is 11.3 Å². The lowest BCUT2D eigenvalue weighted by Gasteiger charge is -2.37. The van der Waals surface area contributed by atoms with Crippen LogP contribution in [0.2, 0.25) is 0 Å². The van der Waals surface area contributed by atoms with Gasteiger partial charge in [0.1, 0.15) is 0 Å². The maximum Gasteiger partial charge on any atom is 0.0331 e. The molecule has 2 unspecified atom stereocenters. The molecule has 0 radical (unpaired) electrons. The minimum atomic E-state index is 0.293. The van der Waals surface area contributed by atoms with E-state index in [2.05, 4.69) is 30.9 Å². The smallest absolute Gasteiger partial charge is 0.0331 e. The summed E-state index contributed by atoms with van der Waals surface area (Å²) in [6.45, 7) is 6.68. The summed E-state index contributed by atoms with van der Waals surface area (Å²) in [6.07, 6.45) is 5.09. The number of aryl methyl sites for hydroxylation is 1. The topological polar surface area (TPSA) is 29.3 Å². The number of rotatable bonds is 4. The lowest BCUT2D eigenvalue weighted by Crippen LogP contribution is -2.48. The minimum absolute atomic E-state index is 0.293. The Balaban J connectivity index is 2.00. The van der Waals surface area contributed by atoms with Crippen LogP contribution in [0.4, 0.5) is 0 Å². The fourth-order valence-electron chi connectivity index (χ4n) is 2.71. The van der Waals surface area contributed by atoms with Crippen LogP contribution >= 0.6 is 11.3 Å². The van der Waals surface area contributed by atoms with Gasteiger partial charge in [-0.05, 0) is 44.9 Å². The van der Waals surface area contributed by atoms with E-state index in [0.717, 1.165) is 13.0 Å². The van der Waals surface area contributed by atoms with E-state index in [9.17, 15) is 0 Å². The van der Waals surface area contributed by atoms with E-state index in [-0.39, 0.29) is 0 Å². The summed E-state index contributed by atoms with van der Waals surface area (Å²) in [4.78, 5) is 5.57. The van der Waals surface area contributed by atoms with E-state index in [1.54, 1.807) is 0 Å². The average molecular weight is 252 g/mol. The molecule has 2 heterocycles. The van der Waals surface area contributed by atoms with E-state index >= 15 is 0 Å². The zero-order valence-corrected chi connectivity index (χ0v) is 11.8. The monoisotopic (exact) mass is 252 g/mol. The van der Waals surface area contributed by atoms with Gasteiger partial charge in [0, 0.05) is 28.4 Å². The van der Waals surface area contributed by atoms with Crippen LogP contribution < -0.4 is 5.73 Å². The minimum Gasteiger partial charge on any atom is -0.327 e. The quantitative estimate of drug-likeness (QED) is 0.892. The molecular weight excluding hydrogens is 228 g/mol. The first-order chi connectivity index (χ1) is 8.20. The van der Waals surface area contributed by atoms with E-state index in [0.29, 0.717) is 12.1 Å². The lowest BCUT2D eigenvalue weighted by atomic mass is 9.97. The molecule has 2 nitrogen and oxygen atoms in total. The van der Waals surface area contributed by atoms with Crippen LogP contribution in [0, 0.1) is 0 Å². The summed E-state index contributed by atoms with van der Waals surface area (Å²) in [5, 5.41) is 0. The molecule has 96 valence electrons. The molecule has 0 bridgehead atoms. The van der Waals surface area contributed by atoms with Gasteiger partial charge in [-0.1, -0.05) is 13.3 Å². The van der Waals surface area contributed by atoms with Crippen LogP contribution in [0.15, 0.2) is 12.1 Å². The largest absolute Gasteiger partial charge is 0.327 e. The highest BCUT2D eigenvalue weighted by atomic mass is 32.1. The Morgan fingerprint density at radius 3 is 2.82 bits per heavy atom. The highest BCUT2D eigenvalue weighted by molar-refractivity contribution is 7.11. The Morgan fingerprint density at radius 2 is 2.18 bits per heavy atom. The van der Waals surface area contributed by atoms with Crippen LogP contribution in [0.1, 0.15) is 42.9 Å². The second-order valence-electron chi connectivity index (χ2n) is 5.11. The number of hydrogen-bond donors (Lipinski definition) is 1. The van der Waals surface area contributed by atoms with E-state index in [1.165, 1.54) is 35.6 Å². The summed E-state index contributed by atoms with van der Waals surface area (Å²) in [6, 6.07) is 5.43. The maximum absolute atomic E-state index is 6.10. The summed E-state index contributed by atoms with van der Waals surface area (Å²) >= 11 is 1.96. The summed E-state index contributed by atoms with van der Waals surface area (Å²) in [5.74, 6) is 0. The SMILES string of the molecule is CCc1ccc(CN2CCCCC2C(C)N)s1. The molecule has 0 aliphatic carbocycles. The van der Waals surface area contributed by atoms with E-state index < -0.39 is 0 Å². The number of nitrogens with two attached hydrogens (primary N) is 1. The van der Waals surface area contributed by atoms with Gasteiger partial charge in [0.2, 0.25) is 0 Å². The predicted octanol–water partition coefficient (Wildman–Crippen LogP) is 3.01. The van der Waals surface area contributed by atoms with Gasteiger partial charge in [-0.2, -0.15) is 0 Å². The van der Waals surface area contributed by atoms with Gasteiger partial charge in [0.15, 0.2) is 0 Å². The zero-order chi connectivity index (χ0) is 12.3. The Bertz CT molecular complexity index is 346. The Hall–Kier alpha value is -0.380. The fourth-order valence-corrected chi connectivity index (χ4v) is 3.69. The summed E-state index contributed by atoms with van der Waals surface area (Å²) < 4.78 is 0. The first-order valence-corrected chi connectivity index (χ1v) is 7.59. The van der Waals surface area contributed by atoms with Gasteiger partial charge < -0.3 is 5.73 Å². The maximum atomic E-state index is 6.10. The third-order valence-electron chi connectivity index (χ3n) is 3.70. The molecule has 0 spiro atoms. The zero-order valence-electron chi connectivity index (χ0n) is 11.0. The second kappa shape index (κ2) is 5.98. The molecule has 2 rings (SSSR count). The van der Waals surface area contributed by atoms with Gasteiger partial charge >= 0.3 is 0 Å². The highest BCUT2D eigenvalue weighted by Gasteiger charge is 2.25. The van der Waals surface area contributed by atoms with Crippen LogP contribution in [0.25, 0.3) is 0 Å². The molecule has 2 atom stereocenters. The third kappa shape index (κ3) is 3.30. The summed E-state index contributed by atoms with van der Waals surface area (Å²) in [5.41, 5.74) is 6.10. The average Bonchev–Trinajstić information content (AvgIpc) is 2.77. The van der Waals surface area contributed by atoms with Crippen molar-refractivity contribution in [3.05, 3.63) is 21.9 Å². The van der Waals surface area contributed by atoms with Crippen LogP contribution in [0.3, 0.4) is 0 Å². The lowest BCUT2D eigenvalue weighted by molar-refractivity contribution is 0.124. The second-order valence-corrected chi connectivity index (χ2v) is 6.37. The molecule has 17 heavy (non-hydrogen) atoms. The molecule has 1 aromatic rings. The van der Waals surface area contributed by atoms with Gasteiger partial charge in [-0.25, -0.2) is 0 Å². The predicted molar refractivity (Wildman–Crippen MR) is 75.4 cm³/mol. The third-order valence-corrected chi connectivity index (χ3v) is 4.91.